The Bertz CT molecular complexity index is 1060. The average Bonchev–Trinajstić information content (AvgIpc) is 3.34. The maximum atomic E-state index is 12.3. The Hall–Kier alpha value is -2.73. The summed E-state index contributed by atoms with van der Waals surface area (Å²) in [4.78, 5) is 22.5. The van der Waals surface area contributed by atoms with E-state index in [4.69, 9.17) is 4.98 Å². The van der Waals surface area contributed by atoms with E-state index in [9.17, 15) is 4.79 Å². The molecule has 0 bridgehead atoms. The minimum Gasteiger partial charge on any atom is -0.311 e. The molecule has 0 radical (unpaired) electrons. The summed E-state index contributed by atoms with van der Waals surface area (Å²) < 4.78 is 1.98. The molecular weight excluding hydrogens is 362 g/mol. The molecule has 5 rings (SSSR count). The Morgan fingerprint density at radius 2 is 1.83 bits per heavy atom. The fourth-order valence-electron chi connectivity index (χ4n) is 5.07. The normalized spacial score (nSPS) is 18.2. The van der Waals surface area contributed by atoms with Gasteiger partial charge in [0.05, 0.1) is 12.2 Å². The van der Waals surface area contributed by atoms with Crippen molar-refractivity contribution in [3.05, 3.63) is 81.3 Å². The largest absolute Gasteiger partial charge is 0.311 e. The monoisotopic (exact) mass is 389 g/mol. The molecule has 2 aromatic heterocycles. The van der Waals surface area contributed by atoms with Crippen LogP contribution in [0.2, 0.25) is 0 Å². The number of hydrogen-bond donors (Lipinski definition) is 1. The van der Waals surface area contributed by atoms with Crippen molar-refractivity contribution in [1.82, 2.24) is 24.6 Å². The zero-order chi connectivity index (χ0) is 19.8. The molecule has 0 saturated carbocycles. The predicted octanol–water partition coefficient (Wildman–Crippen LogP) is 2.80. The number of aromatic nitrogens is 4. The van der Waals surface area contributed by atoms with Gasteiger partial charge in [-0.1, -0.05) is 24.3 Å². The SMILES string of the molecule is Cc1nc2c(c(=O)[nH]1)CCC21CCN(Cc2ccccc2Cn2cccn2)CC1. The van der Waals surface area contributed by atoms with Gasteiger partial charge in [-0.3, -0.25) is 14.4 Å². The van der Waals surface area contributed by atoms with Gasteiger partial charge >= 0.3 is 0 Å². The highest BCUT2D eigenvalue weighted by Crippen LogP contribution is 2.44. The minimum absolute atomic E-state index is 0.0688. The number of rotatable bonds is 4. The second-order valence-corrected chi connectivity index (χ2v) is 8.51. The van der Waals surface area contributed by atoms with Crippen LogP contribution in [0.25, 0.3) is 0 Å². The maximum absolute atomic E-state index is 12.3. The number of H-pyrrole nitrogens is 1. The van der Waals surface area contributed by atoms with Crippen LogP contribution in [0.4, 0.5) is 0 Å². The van der Waals surface area contributed by atoms with Crippen LogP contribution in [-0.4, -0.2) is 37.7 Å². The summed E-state index contributed by atoms with van der Waals surface area (Å²) in [6, 6.07) is 10.6. The van der Waals surface area contributed by atoms with Gasteiger partial charge < -0.3 is 4.98 Å². The molecule has 1 saturated heterocycles. The quantitative estimate of drug-likeness (QED) is 0.745. The van der Waals surface area contributed by atoms with Gasteiger partial charge in [-0.2, -0.15) is 5.10 Å². The van der Waals surface area contributed by atoms with Crippen molar-refractivity contribution >= 4 is 0 Å². The summed E-state index contributed by atoms with van der Waals surface area (Å²) >= 11 is 0. The molecule has 1 aliphatic heterocycles. The van der Waals surface area contributed by atoms with Crippen molar-refractivity contribution in [2.75, 3.05) is 13.1 Å². The van der Waals surface area contributed by atoms with Gasteiger partial charge in [0.25, 0.3) is 5.56 Å². The third kappa shape index (κ3) is 3.42. The van der Waals surface area contributed by atoms with Gasteiger partial charge in [0.1, 0.15) is 5.82 Å². The molecule has 1 aliphatic carbocycles. The van der Waals surface area contributed by atoms with E-state index in [1.165, 1.54) is 11.1 Å². The lowest BCUT2D eigenvalue weighted by Crippen LogP contribution is -2.42. The molecule has 0 unspecified atom stereocenters. The summed E-state index contributed by atoms with van der Waals surface area (Å²) in [7, 11) is 0. The number of nitrogens with one attached hydrogen (secondary N) is 1. The van der Waals surface area contributed by atoms with Crippen LogP contribution in [0, 0.1) is 6.92 Å². The smallest absolute Gasteiger partial charge is 0.254 e. The number of benzene rings is 1. The minimum atomic E-state index is 0.0688. The molecule has 0 atom stereocenters. The van der Waals surface area contributed by atoms with Gasteiger partial charge in [-0.15, -0.1) is 0 Å². The molecule has 3 aromatic rings. The number of likely N-dealkylation sites (tertiary alicyclic amines) is 1. The van der Waals surface area contributed by atoms with Gasteiger partial charge in [-0.25, -0.2) is 4.98 Å². The van der Waals surface area contributed by atoms with Crippen molar-refractivity contribution in [1.29, 1.82) is 0 Å². The highest BCUT2D eigenvalue weighted by Gasteiger charge is 2.43. The van der Waals surface area contributed by atoms with Crippen LogP contribution < -0.4 is 5.56 Å². The summed E-state index contributed by atoms with van der Waals surface area (Å²) in [6.07, 6.45) is 7.92. The number of aryl methyl sites for hydroxylation is 1. The van der Waals surface area contributed by atoms with Crippen LogP contribution in [0.3, 0.4) is 0 Å². The van der Waals surface area contributed by atoms with Crippen LogP contribution in [0.15, 0.2) is 47.5 Å². The number of fused-ring (bicyclic) bond motifs is 2. The van der Waals surface area contributed by atoms with E-state index in [1.807, 2.05) is 30.1 Å². The fourth-order valence-corrected chi connectivity index (χ4v) is 5.07. The van der Waals surface area contributed by atoms with Crippen LogP contribution >= 0.6 is 0 Å². The third-order valence-electron chi connectivity index (χ3n) is 6.71. The number of hydrogen-bond acceptors (Lipinski definition) is 4. The molecule has 29 heavy (non-hydrogen) atoms. The molecule has 150 valence electrons. The van der Waals surface area contributed by atoms with E-state index in [-0.39, 0.29) is 11.0 Å². The lowest BCUT2D eigenvalue weighted by molar-refractivity contribution is 0.149. The lowest BCUT2D eigenvalue weighted by Gasteiger charge is -2.39. The molecule has 1 aromatic carbocycles. The van der Waals surface area contributed by atoms with E-state index < -0.39 is 0 Å². The van der Waals surface area contributed by atoms with E-state index in [0.29, 0.717) is 0 Å². The predicted molar refractivity (Wildman–Crippen MR) is 112 cm³/mol. The summed E-state index contributed by atoms with van der Waals surface area (Å²) in [5.41, 5.74) is 4.87. The number of nitrogens with zero attached hydrogens (tertiary/aromatic N) is 4. The second kappa shape index (κ2) is 7.26. The number of piperidine rings is 1. The van der Waals surface area contributed by atoms with Crippen molar-refractivity contribution in [2.45, 2.75) is 51.1 Å². The Morgan fingerprint density at radius 1 is 1.07 bits per heavy atom. The second-order valence-electron chi connectivity index (χ2n) is 8.51. The molecule has 6 heteroatoms. The van der Waals surface area contributed by atoms with E-state index in [1.54, 1.807) is 0 Å². The first kappa shape index (κ1) is 18.3. The Balaban J connectivity index is 1.31. The first-order valence-electron chi connectivity index (χ1n) is 10.5. The zero-order valence-corrected chi connectivity index (χ0v) is 16.9. The third-order valence-corrected chi connectivity index (χ3v) is 6.71. The number of aromatic amines is 1. The molecule has 3 heterocycles. The Labute approximate surface area is 170 Å². The van der Waals surface area contributed by atoms with Crippen LogP contribution in [-0.2, 0) is 24.9 Å². The van der Waals surface area contributed by atoms with E-state index in [2.05, 4.69) is 39.2 Å². The highest BCUT2D eigenvalue weighted by atomic mass is 16.1. The molecular formula is C23H27N5O. The first-order valence-corrected chi connectivity index (χ1v) is 10.5. The van der Waals surface area contributed by atoms with E-state index in [0.717, 1.165) is 68.9 Å². The summed E-state index contributed by atoms with van der Waals surface area (Å²) in [6.45, 7) is 5.74. The first-order chi connectivity index (χ1) is 14.1. The van der Waals surface area contributed by atoms with Crippen molar-refractivity contribution in [3.8, 4) is 0 Å². The summed E-state index contributed by atoms with van der Waals surface area (Å²) in [5.74, 6) is 0.741. The molecule has 0 amide bonds. The average molecular weight is 390 g/mol. The van der Waals surface area contributed by atoms with Crippen molar-refractivity contribution in [3.63, 3.8) is 0 Å². The van der Waals surface area contributed by atoms with Gasteiger partial charge in [0.15, 0.2) is 0 Å². The van der Waals surface area contributed by atoms with Crippen molar-refractivity contribution in [2.24, 2.45) is 0 Å². The fraction of sp³-hybridized carbons (Fsp3) is 0.435. The lowest BCUT2D eigenvalue weighted by atomic mass is 9.76. The van der Waals surface area contributed by atoms with E-state index >= 15 is 0 Å². The molecule has 1 spiro atoms. The highest BCUT2D eigenvalue weighted by molar-refractivity contribution is 5.34. The standard InChI is InChI=1S/C23H27N5O/c1-17-25-21-20(22(29)26-17)7-8-23(21)9-13-27(14-10-23)15-18-5-2-3-6-19(18)16-28-12-4-11-24-28/h2-6,11-12H,7-10,13-16H2,1H3,(H,25,26,29). The van der Waals surface area contributed by atoms with Gasteiger partial charge in [-0.05, 0) is 62.9 Å². The maximum Gasteiger partial charge on any atom is 0.254 e. The Kier molecular flexibility index (Phi) is 4.59. The van der Waals surface area contributed by atoms with Gasteiger partial charge in [0.2, 0.25) is 0 Å². The molecule has 1 fully saturated rings. The van der Waals surface area contributed by atoms with Crippen LogP contribution in [0.5, 0.6) is 0 Å². The Morgan fingerprint density at radius 3 is 2.55 bits per heavy atom. The van der Waals surface area contributed by atoms with Crippen molar-refractivity contribution < 1.29 is 0 Å². The van der Waals surface area contributed by atoms with Crippen LogP contribution in [0.1, 0.15) is 47.5 Å². The molecule has 1 N–H and O–H groups in total. The van der Waals surface area contributed by atoms with Gasteiger partial charge in [0, 0.05) is 29.9 Å². The molecule has 2 aliphatic rings. The molecule has 6 nitrogen and oxygen atoms in total. The topological polar surface area (TPSA) is 66.8 Å². The summed E-state index contributed by atoms with van der Waals surface area (Å²) in [5, 5.41) is 4.35. The zero-order valence-electron chi connectivity index (χ0n) is 16.9.